The van der Waals surface area contributed by atoms with Crippen molar-refractivity contribution in [3.05, 3.63) is 69.7 Å². The lowest BCUT2D eigenvalue weighted by molar-refractivity contribution is 0.114. The van der Waals surface area contributed by atoms with Crippen LogP contribution in [-0.4, -0.2) is 73.4 Å². The van der Waals surface area contributed by atoms with Gasteiger partial charge in [0.25, 0.3) is 0 Å². The Bertz CT molecular complexity index is 1430. The highest BCUT2D eigenvalue weighted by molar-refractivity contribution is 6.38. The van der Waals surface area contributed by atoms with Crippen LogP contribution in [0.1, 0.15) is 36.4 Å². The summed E-state index contributed by atoms with van der Waals surface area (Å²) in [6, 6.07) is 16.1. The number of hydrogen-bond acceptors (Lipinski definition) is 5. The molecule has 3 aliphatic rings. The SMILES string of the molecule is COCCN1CCC2(CCN(C3CCc4cc(-c5cccc(-c6ccccc6Cl)c5Cl)nc(OC)c43)C2)NC1=O. The highest BCUT2D eigenvalue weighted by atomic mass is 35.5. The number of methoxy groups -OCH3 is 2. The fourth-order valence-corrected chi connectivity index (χ4v) is 7.13. The minimum atomic E-state index is -0.184. The summed E-state index contributed by atoms with van der Waals surface area (Å²) < 4.78 is 11.1. The van der Waals surface area contributed by atoms with Gasteiger partial charge in [-0.15, -0.1) is 0 Å². The number of pyridine rings is 1. The van der Waals surface area contributed by atoms with Gasteiger partial charge in [-0.25, -0.2) is 9.78 Å². The molecular weight excluding hydrogens is 547 g/mol. The van der Waals surface area contributed by atoms with E-state index in [0.717, 1.165) is 73.3 Å². The lowest BCUT2D eigenvalue weighted by atomic mass is 9.92. The van der Waals surface area contributed by atoms with Crippen LogP contribution in [0.25, 0.3) is 22.4 Å². The van der Waals surface area contributed by atoms with Crippen LogP contribution in [-0.2, 0) is 11.2 Å². The van der Waals surface area contributed by atoms with Crippen molar-refractivity contribution < 1.29 is 14.3 Å². The van der Waals surface area contributed by atoms with Gasteiger partial charge in [-0.3, -0.25) is 4.90 Å². The molecule has 2 fully saturated rings. The van der Waals surface area contributed by atoms with Crippen LogP contribution in [0.2, 0.25) is 10.0 Å². The fourth-order valence-electron chi connectivity index (χ4n) is 6.57. The van der Waals surface area contributed by atoms with Gasteiger partial charge >= 0.3 is 6.03 Å². The number of amides is 2. The molecule has 2 aliphatic heterocycles. The lowest BCUT2D eigenvalue weighted by Crippen LogP contribution is -2.61. The van der Waals surface area contributed by atoms with Gasteiger partial charge in [0, 0.05) is 66.6 Å². The van der Waals surface area contributed by atoms with E-state index in [2.05, 4.69) is 16.3 Å². The van der Waals surface area contributed by atoms with Crippen molar-refractivity contribution >= 4 is 29.2 Å². The normalized spacial score (nSPS) is 22.6. The fraction of sp³-hybridized carbons (Fsp3) is 0.419. The van der Waals surface area contributed by atoms with Crippen LogP contribution in [0.4, 0.5) is 4.79 Å². The van der Waals surface area contributed by atoms with Crippen LogP contribution < -0.4 is 10.1 Å². The molecule has 7 nitrogen and oxygen atoms in total. The number of aromatic nitrogens is 1. The van der Waals surface area contributed by atoms with Gasteiger partial charge in [0.15, 0.2) is 0 Å². The number of fused-ring (bicyclic) bond motifs is 1. The Morgan fingerprint density at radius 2 is 1.82 bits per heavy atom. The Balaban J connectivity index is 1.26. The summed E-state index contributed by atoms with van der Waals surface area (Å²) >= 11 is 13.5. The monoisotopic (exact) mass is 580 g/mol. The number of urea groups is 1. The summed E-state index contributed by atoms with van der Waals surface area (Å²) in [5.74, 6) is 0.647. The third kappa shape index (κ3) is 4.94. The average molecular weight is 582 g/mol. The smallest absolute Gasteiger partial charge is 0.317 e. The molecular formula is C31H34Cl2N4O3. The van der Waals surface area contributed by atoms with Gasteiger partial charge in [0.2, 0.25) is 5.88 Å². The molecule has 2 atom stereocenters. The molecule has 9 heteroatoms. The summed E-state index contributed by atoms with van der Waals surface area (Å²) in [5.41, 5.74) is 5.63. The number of carbonyl (C=O) groups excluding carboxylic acids is 1. The zero-order valence-corrected chi connectivity index (χ0v) is 24.4. The van der Waals surface area contributed by atoms with Crippen molar-refractivity contribution in [3.8, 4) is 28.3 Å². The number of rotatable bonds is 7. The average Bonchev–Trinajstić information content (AvgIpc) is 3.57. The van der Waals surface area contributed by atoms with Crippen molar-refractivity contribution in [2.75, 3.05) is 47.0 Å². The minimum Gasteiger partial charge on any atom is -0.481 e. The standard InChI is InChI=1S/C31H34Cl2N4O3/c1-39-17-16-36-14-12-31(35-30(36)38)13-15-37(19-31)26-11-10-20-18-25(34-29(40-2)27(20)26)23-8-5-7-22(28(23)33)21-6-3-4-9-24(21)32/h3-9,18,26H,10-17,19H2,1-2H3,(H,35,38). The second kappa shape index (κ2) is 11.2. The second-order valence-corrected chi connectivity index (χ2v) is 11.7. The van der Waals surface area contributed by atoms with Crippen molar-refractivity contribution in [3.63, 3.8) is 0 Å². The van der Waals surface area contributed by atoms with E-state index in [1.54, 1.807) is 14.2 Å². The molecule has 0 saturated carbocycles. The number of benzene rings is 2. The molecule has 2 aromatic carbocycles. The van der Waals surface area contributed by atoms with E-state index in [4.69, 9.17) is 37.7 Å². The summed E-state index contributed by atoms with van der Waals surface area (Å²) in [6.07, 6.45) is 3.82. The third-order valence-corrected chi connectivity index (χ3v) is 9.41. The van der Waals surface area contributed by atoms with E-state index in [1.807, 2.05) is 47.4 Å². The number of aryl methyl sites for hydroxylation is 1. The Labute approximate surface area is 245 Å². The van der Waals surface area contributed by atoms with Crippen LogP contribution in [0.15, 0.2) is 48.5 Å². The molecule has 2 unspecified atom stereocenters. The van der Waals surface area contributed by atoms with Crippen molar-refractivity contribution in [1.82, 2.24) is 20.1 Å². The summed E-state index contributed by atoms with van der Waals surface area (Å²) in [6.45, 7) is 3.69. The molecule has 1 spiro atoms. The van der Waals surface area contributed by atoms with Gasteiger partial charge in [-0.1, -0.05) is 59.6 Å². The zero-order valence-electron chi connectivity index (χ0n) is 22.9. The molecule has 1 N–H and O–H groups in total. The van der Waals surface area contributed by atoms with E-state index in [1.165, 1.54) is 5.56 Å². The van der Waals surface area contributed by atoms with E-state index in [-0.39, 0.29) is 17.6 Å². The number of nitrogens with zero attached hydrogens (tertiary/aromatic N) is 3. The lowest BCUT2D eigenvalue weighted by Gasteiger charge is -2.40. The van der Waals surface area contributed by atoms with Crippen molar-refractivity contribution in [2.24, 2.45) is 0 Å². The Morgan fingerprint density at radius 1 is 1.05 bits per heavy atom. The highest BCUT2D eigenvalue weighted by Gasteiger charge is 2.46. The Kier molecular flexibility index (Phi) is 7.66. The molecule has 0 radical (unpaired) electrons. The van der Waals surface area contributed by atoms with Gasteiger partial charge in [0.05, 0.1) is 30.0 Å². The van der Waals surface area contributed by atoms with Gasteiger partial charge in [0.1, 0.15) is 0 Å². The van der Waals surface area contributed by atoms with Crippen LogP contribution in [0.5, 0.6) is 5.88 Å². The Morgan fingerprint density at radius 3 is 2.60 bits per heavy atom. The molecule has 2 saturated heterocycles. The molecule has 2 amide bonds. The molecule has 6 rings (SSSR count). The summed E-state index contributed by atoms with van der Waals surface area (Å²) in [7, 11) is 3.35. The molecule has 3 aromatic rings. The van der Waals surface area contributed by atoms with E-state index >= 15 is 0 Å². The number of hydrogen-bond donors (Lipinski definition) is 1. The minimum absolute atomic E-state index is 0.0109. The number of halogens is 2. The van der Waals surface area contributed by atoms with Gasteiger partial charge < -0.3 is 19.7 Å². The molecule has 1 aliphatic carbocycles. The van der Waals surface area contributed by atoms with Gasteiger partial charge in [-0.05, 0) is 43.4 Å². The maximum atomic E-state index is 12.8. The molecule has 1 aromatic heterocycles. The summed E-state index contributed by atoms with van der Waals surface area (Å²) in [5, 5.41) is 4.61. The van der Waals surface area contributed by atoms with Gasteiger partial charge in [-0.2, -0.15) is 0 Å². The topological polar surface area (TPSA) is 66.9 Å². The molecule has 3 heterocycles. The molecule has 210 valence electrons. The molecule has 40 heavy (non-hydrogen) atoms. The maximum absolute atomic E-state index is 12.8. The third-order valence-electron chi connectivity index (χ3n) is 8.67. The first-order valence-electron chi connectivity index (χ1n) is 13.8. The van der Waals surface area contributed by atoms with E-state index < -0.39 is 0 Å². The largest absolute Gasteiger partial charge is 0.481 e. The highest BCUT2D eigenvalue weighted by Crippen LogP contribution is 2.46. The molecule has 0 bridgehead atoms. The van der Waals surface area contributed by atoms with E-state index in [9.17, 15) is 4.79 Å². The number of likely N-dealkylation sites (tertiary alicyclic amines) is 1. The van der Waals surface area contributed by atoms with Crippen molar-refractivity contribution in [1.29, 1.82) is 0 Å². The maximum Gasteiger partial charge on any atom is 0.317 e. The van der Waals surface area contributed by atoms with E-state index in [0.29, 0.717) is 29.1 Å². The first-order valence-corrected chi connectivity index (χ1v) is 14.6. The van der Waals surface area contributed by atoms with Crippen LogP contribution in [0.3, 0.4) is 0 Å². The predicted octanol–water partition coefficient (Wildman–Crippen LogP) is 6.22. The summed E-state index contributed by atoms with van der Waals surface area (Å²) in [4.78, 5) is 22.1. The van der Waals surface area contributed by atoms with Crippen LogP contribution >= 0.6 is 23.2 Å². The van der Waals surface area contributed by atoms with Crippen LogP contribution in [0, 0.1) is 0 Å². The number of ether oxygens (including phenoxy) is 2. The van der Waals surface area contributed by atoms with Crippen molar-refractivity contribution in [2.45, 2.75) is 37.3 Å². The zero-order chi connectivity index (χ0) is 27.9. The predicted molar refractivity (Wildman–Crippen MR) is 158 cm³/mol. The quantitative estimate of drug-likeness (QED) is 0.359. The number of nitrogens with one attached hydrogen (secondary N) is 1. The Hall–Kier alpha value is -2.84. The first kappa shape index (κ1) is 27.3. The number of carbonyl (C=O) groups is 1. The first-order chi connectivity index (χ1) is 19.4. The second-order valence-electron chi connectivity index (χ2n) is 11.0.